The van der Waals surface area contributed by atoms with Crippen molar-refractivity contribution in [1.29, 1.82) is 0 Å². The van der Waals surface area contributed by atoms with Crippen molar-refractivity contribution >= 4 is 45.8 Å². The minimum atomic E-state index is -0.173. The molecule has 6 heteroatoms. The first-order valence-corrected chi connectivity index (χ1v) is 9.90. The van der Waals surface area contributed by atoms with Crippen molar-refractivity contribution < 1.29 is 4.79 Å². The number of anilines is 1. The summed E-state index contributed by atoms with van der Waals surface area (Å²) < 4.78 is 1.90. The SMILES string of the molecule is Cc1ccc(NC(=O)c2ccc3nc(-c4c(Cl)cccc4Cl)n(C)c3c2)cc1C. The van der Waals surface area contributed by atoms with Crippen molar-refractivity contribution in [3.05, 3.63) is 81.3 Å². The second-order valence-electron chi connectivity index (χ2n) is 7.05. The Morgan fingerprint density at radius 1 is 0.966 bits per heavy atom. The molecule has 1 N–H and O–H groups in total. The Morgan fingerprint density at radius 3 is 2.38 bits per heavy atom. The van der Waals surface area contributed by atoms with Gasteiger partial charge in [0.2, 0.25) is 0 Å². The van der Waals surface area contributed by atoms with E-state index in [1.165, 1.54) is 5.56 Å². The monoisotopic (exact) mass is 423 g/mol. The highest BCUT2D eigenvalue weighted by molar-refractivity contribution is 6.39. The number of aromatic nitrogens is 2. The van der Waals surface area contributed by atoms with E-state index in [0.717, 1.165) is 22.3 Å². The molecule has 0 bridgehead atoms. The summed E-state index contributed by atoms with van der Waals surface area (Å²) in [6, 6.07) is 16.7. The van der Waals surface area contributed by atoms with Gasteiger partial charge in [0.05, 0.1) is 26.6 Å². The van der Waals surface area contributed by atoms with Gasteiger partial charge in [-0.2, -0.15) is 0 Å². The smallest absolute Gasteiger partial charge is 0.255 e. The predicted molar refractivity (Wildman–Crippen MR) is 120 cm³/mol. The Labute approximate surface area is 179 Å². The van der Waals surface area contributed by atoms with Crippen LogP contribution in [0.25, 0.3) is 22.4 Å². The minimum Gasteiger partial charge on any atom is -0.327 e. The van der Waals surface area contributed by atoms with Gasteiger partial charge < -0.3 is 9.88 Å². The number of nitrogens with one attached hydrogen (secondary N) is 1. The number of halogens is 2. The lowest BCUT2D eigenvalue weighted by atomic mass is 10.1. The fourth-order valence-corrected chi connectivity index (χ4v) is 3.86. The van der Waals surface area contributed by atoms with E-state index in [1.54, 1.807) is 24.3 Å². The van der Waals surface area contributed by atoms with Gasteiger partial charge in [-0.3, -0.25) is 4.79 Å². The molecule has 1 aromatic heterocycles. The quantitative estimate of drug-likeness (QED) is 0.413. The van der Waals surface area contributed by atoms with Crippen molar-refractivity contribution in [3.63, 3.8) is 0 Å². The molecule has 1 heterocycles. The van der Waals surface area contributed by atoms with E-state index in [4.69, 9.17) is 23.2 Å². The van der Waals surface area contributed by atoms with Crippen molar-refractivity contribution in [2.45, 2.75) is 13.8 Å². The van der Waals surface area contributed by atoms with Crippen LogP contribution in [0.4, 0.5) is 5.69 Å². The van der Waals surface area contributed by atoms with Crippen LogP contribution in [0.5, 0.6) is 0 Å². The molecular weight excluding hydrogens is 405 g/mol. The van der Waals surface area contributed by atoms with Crippen LogP contribution in [0, 0.1) is 13.8 Å². The van der Waals surface area contributed by atoms with E-state index in [2.05, 4.69) is 10.3 Å². The number of hydrogen-bond acceptors (Lipinski definition) is 2. The topological polar surface area (TPSA) is 46.9 Å². The van der Waals surface area contributed by atoms with Gasteiger partial charge in [0.1, 0.15) is 5.82 Å². The number of imidazole rings is 1. The molecule has 3 aromatic carbocycles. The highest BCUT2D eigenvalue weighted by Crippen LogP contribution is 2.35. The Balaban J connectivity index is 1.72. The van der Waals surface area contributed by atoms with E-state index in [0.29, 0.717) is 27.0 Å². The van der Waals surface area contributed by atoms with E-state index < -0.39 is 0 Å². The van der Waals surface area contributed by atoms with Crippen LogP contribution in [0.3, 0.4) is 0 Å². The van der Waals surface area contributed by atoms with Gasteiger partial charge in [-0.25, -0.2) is 4.98 Å². The maximum Gasteiger partial charge on any atom is 0.255 e. The Morgan fingerprint density at radius 2 is 1.69 bits per heavy atom. The molecule has 4 nitrogen and oxygen atoms in total. The fraction of sp³-hybridized carbons (Fsp3) is 0.130. The molecule has 0 radical (unpaired) electrons. The van der Waals surface area contributed by atoms with Crippen LogP contribution in [-0.2, 0) is 7.05 Å². The zero-order valence-electron chi connectivity index (χ0n) is 16.3. The number of nitrogens with zero attached hydrogens (tertiary/aromatic N) is 2. The van der Waals surface area contributed by atoms with Crippen molar-refractivity contribution in [3.8, 4) is 11.4 Å². The first kappa shape index (κ1) is 19.5. The molecule has 0 aliphatic rings. The highest BCUT2D eigenvalue weighted by Gasteiger charge is 2.17. The molecule has 0 atom stereocenters. The third kappa shape index (κ3) is 3.61. The van der Waals surface area contributed by atoms with Gasteiger partial charge in [-0.15, -0.1) is 0 Å². The van der Waals surface area contributed by atoms with E-state index >= 15 is 0 Å². The summed E-state index contributed by atoms with van der Waals surface area (Å²) >= 11 is 12.7. The van der Waals surface area contributed by atoms with Gasteiger partial charge in [0.15, 0.2) is 0 Å². The molecule has 0 fully saturated rings. The number of rotatable bonds is 3. The van der Waals surface area contributed by atoms with Crippen molar-refractivity contribution in [1.82, 2.24) is 9.55 Å². The van der Waals surface area contributed by atoms with Gasteiger partial charge in [-0.1, -0.05) is 35.3 Å². The van der Waals surface area contributed by atoms with Crippen LogP contribution >= 0.6 is 23.2 Å². The molecule has 0 aliphatic carbocycles. The Bertz CT molecular complexity index is 1240. The Kier molecular flexibility index (Phi) is 5.07. The first-order valence-electron chi connectivity index (χ1n) is 9.14. The number of amides is 1. The van der Waals surface area contributed by atoms with Crippen LogP contribution in [0.2, 0.25) is 10.0 Å². The van der Waals surface area contributed by atoms with Crippen LogP contribution in [0.1, 0.15) is 21.5 Å². The molecule has 146 valence electrons. The molecule has 29 heavy (non-hydrogen) atoms. The van der Waals surface area contributed by atoms with Gasteiger partial charge in [-0.05, 0) is 67.4 Å². The van der Waals surface area contributed by atoms with E-state index in [-0.39, 0.29) is 5.91 Å². The Hall–Kier alpha value is -2.82. The summed E-state index contributed by atoms with van der Waals surface area (Å²) in [6.45, 7) is 4.06. The zero-order chi connectivity index (χ0) is 20.7. The second kappa shape index (κ2) is 7.54. The predicted octanol–water partition coefficient (Wildman–Crippen LogP) is 6.42. The number of carbonyl (C=O) groups excluding carboxylic acids is 1. The molecule has 0 unspecified atom stereocenters. The number of benzene rings is 3. The molecular formula is C23H19Cl2N3O. The first-order chi connectivity index (χ1) is 13.8. The summed E-state index contributed by atoms with van der Waals surface area (Å²) in [7, 11) is 1.88. The lowest BCUT2D eigenvalue weighted by Crippen LogP contribution is -2.12. The summed E-state index contributed by atoms with van der Waals surface area (Å²) in [4.78, 5) is 17.4. The third-order valence-corrected chi connectivity index (χ3v) is 5.72. The average Bonchev–Trinajstić information content (AvgIpc) is 3.00. The maximum absolute atomic E-state index is 12.8. The van der Waals surface area contributed by atoms with Crippen molar-refractivity contribution in [2.24, 2.45) is 7.05 Å². The summed E-state index contributed by atoms with van der Waals surface area (Å²) in [6.07, 6.45) is 0. The third-order valence-electron chi connectivity index (χ3n) is 5.09. The summed E-state index contributed by atoms with van der Waals surface area (Å²) in [5, 5.41) is 4.02. The lowest BCUT2D eigenvalue weighted by Gasteiger charge is -2.09. The van der Waals surface area contributed by atoms with Crippen molar-refractivity contribution in [2.75, 3.05) is 5.32 Å². The highest BCUT2D eigenvalue weighted by atomic mass is 35.5. The number of fused-ring (bicyclic) bond motifs is 1. The number of aryl methyl sites for hydroxylation is 3. The lowest BCUT2D eigenvalue weighted by molar-refractivity contribution is 0.102. The molecule has 1 amide bonds. The fourth-order valence-electron chi connectivity index (χ4n) is 3.29. The molecule has 0 saturated carbocycles. The molecule has 0 spiro atoms. The maximum atomic E-state index is 12.8. The van der Waals surface area contributed by atoms with Crippen LogP contribution in [0.15, 0.2) is 54.6 Å². The number of hydrogen-bond donors (Lipinski definition) is 1. The number of carbonyl (C=O) groups is 1. The second-order valence-corrected chi connectivity index (χ2v) is 7.86. The molecule has 0 aliphatic heterocycles. The van der Waals surface area contributed by atoms with Gasteiger partial charge >= 0.3 is 0 Å². The summed E-state index contributed by atoms with van der Waals surface area (Å²) in [5.41, 5.74) is 5.90. The van der Waals surface area contributed by atoms with E-state index in [9.17, 15) is 4.79 Å². The zero-order valence-corrected chi connectivity index (χ0v) is 17.8. The standard InChI is InChI=1S/C23H19Cl2N3O/c1-13-7-9-16(11-14(13)2)26-23(29)15-8-10-19-20(12-15)28(3)22(27-19)21-17(24)5-4-6-18(21)25/h4-12H,1-3H3,(H,26,29). The normalized spacial score (nSPS) is 11.1. The van der Waals surface area contributed by atoms with Crippen LogP contribution in [-0.4, -0.2) is 15.5 Å². The average molecular weight is 424 g/mol. The molecule has 0 saturated heterocycles. The minimum absolute atomic E-state index is 0.173. The largest absolute Gasteiger partial charge is 0.327 e. The van der Waals surface area contributed by atoms with Gasteiger partial charge in [0, 0.05) is 18.3 Å². The molecule has 4 aromatic rings. The van der Waals surface area contributed by atoms with Crippen LogP contribution < -0.4 is 5.32 Å². The summed E-state index contributed by atoms with van der Waals surface area (Å²) in [5.74, 6) is 0.482. The molecule has 4 rings (SSSR count). The van der Waals surface area contributed by atoms with Gasteiger partial charge in [0.25, 0.3) is 5.91 Å². The van der Waals surface area contributed by atoms with E-state index in [1.807, 2.05) is 55.8 Å².